The zero-order valence-corrected chi connectivity index (χ0v) is 11.9. The third kappa shape index (κ3) is 2.97. The van der Waals surface area contributed by atoms with E-state index in [1.165, 1.54) is 0 Å². The number of aromatic nitrogens is 2. The highest BCUT2D eigenvalue weighted by atomic mass is 79.9. The summed E-state index contributed by atoms with van der Waals surface area (Å²) < 4.78 is 6.17. The van der Waals surface area contributed by atoms with Gasteiger partial charge in [-0.15, -0.1) is 0 Å². The summed E-state index contributed by atoms with van der Waals surface area (Å²) >= 11 is 3.47. The lowest BCUT2D eigenvalue weighted by atomic mass is 10.1. The highest BCUT2D eigenvalue weighted by Gasteiger charge is 2.16. The minimum Gasteiger partial charge on any atom is -0.337 e. The molecule has 1 aromatic carbocycles. The van der Waals surface area contributed by atoms with Crippen LogP contribution in [0.3, 0.4) is 0 Å². The monoisotopic (exact) mass is 309 g/mol. The number of benzene rings is 1. The molecule has 0 fully saturated rings. The molecule has 0 aliphatic heterocycles. The molecule has 18 heavy (non-hydrogen) atoms. The summed E-state index contributed by atoms with van der Waals surface area (Å²) in [6.07, 6.45) is 3.04. The van der Waals surface area contributed by atoms with Crippen molar-refractivity contribution < 1.29 is 4.52 Å². The number of rotatable bonds is 5. The fourth-order valence-corrected chi connectivity index (χ4v) is 2.15. The molecule has 0 aliphatic carbocycles. The fourth-order valence-electron chi connectivity index (χ4n) is 1.69. The van der Waals surface area contributed by atoms with Crippen molar-refractivity contribution in [1.82, 2.24) is 10.1 Å². The first kappa shape index (κ1) is 13.2. The lowest BCUT2D eigenvalue weighted by Gasteiger charge is -2.03. The van der Waals surface area contributed by atoms with Crippen LogP contribution < -0.4 is 5.73 Å². The van der Waals surface area contributed by atoms with E-state index in [2.05, 4.69) is 33.0 Å². The van der Waals surface area contributed by atoms with Gasteiger partial charge in [0.15, 0.2) is 0 Å². The minimum absolute atomic E-state index is 0.173. The van der Waals surface area contributed by atoms with Crippen LogP contribution >= 0.6 is 15.9 Å². The van der Waals surface area contributed by atoms with Crippen LogP contribution in [0.1, 0.15) is 38.1 Å². The zero-order valence-electron chi connectivity index (χ0n) is 10.3. The van der Waals surface area contributed by atoms with E-state index in [1.54, 1.807) is 0 Å². The van der Waals surface area contributed by atoms with Gasteiger partial charge in [0.2, 0.25) is 11.7 Å². The van der Waals surface area contributed by atoms with E-state index >= 15 is 0 Å². The van der Waals surface area contributed by atoms with Gasteiger partial charge in [0.1, 0.15) is 0 Å². The standard InChI is InChI=1S/C13H16BrN3O/c1-2-3-8-11(15)13-16-12(17-18-13)9-6-4-5-7-10(9)14/h4-7,11H,2-3,8,15H2,1H3. The summed E-state index contributed by atoms with van der Waals surface area (Å²) in [6, 6.07) is 7.60. The number of nitrogens with zero attached hydrogens (tertiary/aromatic N) is 2. The second kappa shape index (κ2) is 6.11. The molecule has 1 unspecified atom stereocenters. The molecule has 96 valence electrons. The summed E-state index contributed by atoms with van der Waals surface area (Å²) in [7, 11) is 0. The quantitative estimate of drug-likeness (QED) is 0.914. The molecule has 1 heterocycles. The Kier molecular flexibility index (Phi) is 4.49. The molecule has 1 aromatic heterocycles. The maximum atomic E-state index is 6.00. The Labute approximate surface area is 115 Å². The van der Waals surface area contributed by atoms with E-state index in [0.717, 1.165) is 29.3 Å². The Morgan fingerprint density at radius 1 is 1.39 bits per heavy atom. The van der Waals surface area contributed by atoms with Crippen LogP contribution in [0.5, 0.6) is 0 Å². The van der Waals surface area contributed by atoms with Gasteiger partial charge in [0.05, 0.1) is 6.04 Å². The van der Waals surface area contributed by atoms with Crippen molar-refractivity contribution in [2.45, 2.75) is 32.2 Å². The van der Waals surface area contributed by atoms with E-state index in [1.807, 2.05) is 24.3 Å². The second-order valence-electron chi connectivity index (χ2n) is 4.18. The minimum atomic E-state index is -0.173. The third-order valence-corrected chi connectivity index (χ3v) is 3.43. The van der Waals surface area contributed by atoms with Crippen molar-refractivity contribution in [2.75, 3.05) is 0 Å². The Morgan fingerprint density at radius 3 is 2.89 bits per heavy atom. The Morgan fingerprint density at radius 2 is 2.17 bits per heavy atom. The van der Waals surface area contributed by atoms with Crippen molar-refractivity contribution >= 4 is 15.9 Å². The Balaban J connectivity index is 2.18. The van der Waals surface area contributed by atoms with Gasteiger partial charge in [-0.25, -0.2) is 0 Å². The van der Waals surface area contributed by atoms with Gasteiger partial charge in [0, 0.05) is 10.0 Å². The molecule has 1 atom stereocenters. The highest BCUT2D eigenvalue weighted by Crippen LogP contribution is 2.26. The van der Waals surface area contributed by atoms with Gasteiger partial charge in [-0.1, -0.05) is 53.0 Å². The second-order valence-corrected chi connectivity index (χ2v) is 5.04. The molecule has 5 heteroatoms. The number of unbranched alkanes of at least 4 members (excludes halogenated alkanes) is 1. The summed E-state index contributed by atoms with van der Waals surface area (Å²) in [5.41, 5.74) is 6.91. The van der Waals surface area contributed by atoms with Gasteiger partial charge in [0.25, 0.3) is 0 Å². The lowest BCUT2D eigenvalue weighted by Crippen LogP contribution is -2.10. The molecule has 0 aliphatic rings. The number of nitrogens with two attached hydrogens (primary N) is 1. The predicted octanol–water partition coefficient (Wildman–Crippen LogP) is 3.69. The van der Waals surface area contributed by atoms with Gasteiger partial charge in [-0.05, 0) is 18.6 Å². The third-order valence-electron chi connectivity index (χ3n) is 2.74. The van der Waals surface area contributed by atoms with Gasteiger partial charge in [-0.2, -0.15) is 4.98 Å². The smallest absolute Gasteiger partial charge is 0.243 e. The average Bonchev–Trinajstić information content (AvgIpc) is 2.86. The predicted molar refractivity (Wildman–Crippen MR) is 73.9 cm³/mol. The SMILES string of the molecule is CCCCC(N)c1nc(-c2ccccc2Br)no1. The van der Waals surface area contributed by atoms with Crippen LogP contribution in [0.2, 0.25) is 0 Å². The van der Waals surface area contributed by atoms with Crippen LogP contribution in [0.25, 0.3) is 11.4 Å². The van der Waals surface area contributed by atoms with Crippen LogP contribution in [0, 0.1) is 0 Å². The van der Waals surface area contributed by atoms with E-state index in [0.29, 0.717) is 11.7 Å². The fraction of sp³-hybridized carbons (Fsp3) is 0.385. The maximum Gasteiger partial charge on any atom is 0.243 e. The number of hydrogen-bond donors (Lipinski definition) is 1. The summed E-state index contributed by atoms with van der Waals surface area (Å²) in [6.45, 7) is 2.13. The molecule has 2 rings (SSSR count). The van der Waals surface area contributed by atoms with Crippen LogP contribution in [-0.2, 0) is 0 Å². The van der Waals surface area contributed by atoms with Crippen molar-refractivity contribution in [3.05, 3.63) is 34.6 Å². The molecule has 0 saturated carbocycles. The molecule has 2 N–H and O–H groups in total. The van der Waals surface area contributed by atoms with E-state index in [4.69, 9.17) is 10.3 Å². The van der Waals surface area contributed by atoms with Gasteiger partial charge in [-0.3, -0.25) is 0 Å². The molecular formula is C13H16BrN3O. The van der Waals surface area contributed by atoms with Gasteiger partial charge < -0.3 is 10.3 Å². The van der Waals surface area contributed by atoms with Crippen molar-refractivity contribution in [3.63, 3.8) is 0 Å². The molecule has 0 amide bonds. The zero-order chi connectivity index (χ0) is 13.0. The van der Waals surface area contributed by atoms with E-state index < -0.39 is 0 Å². The molecule has 2 aromatic rings. The van der Waals surface area contributed by atoms with Crippen molar-refractivity contribution in [1.29, 1.82) is 0 Å². The van der Waals surface area contributed by atoms with Crippen LogP contribution in [0.15, 0.2) is 33.3 Å². The Hall–Kier alpha value is -1.20. The van der Waals surface area contributed by atoms with Gasteiger partial charge >= 0.3 is 0 Å². The first-order chi connectivity index (χ1) is 8.72. The van der Waals surface area contributed by atoms with E-state index in [9.17, 15) is 0 Å². The largest absolute Gasteiger partial charge is 0.337 e. The molecule has 0 spiro atoms. The Bertz CT molecular complexity index is 512. The van der Waals surface area contributed by atoms with Crippen LogP contribution in [-0.4, -0.2) is 10.1 Å². The van der Waals surface area contributed by atoms with Crippen LogP contribution in [0.4, 0.5) is 0 Å². The first-order valence-electron chi connectivity index (χ1n) is 6.06. The summed E-state index contributed by atoms with van der Waals surface area (Å²) in [5.74, 6) is 1.08. The molecule has 0 radical (unpaired) electrons. The lowest BCUT2D eigenvalue weighted by molar-refractivity contribution is 0.346. The molecular weight excluding hydrogens is 294 g/mol. The molecule has 0 bridgehead atoms. The topological polar surface area (TPSA) is 64.9 Å². The maximum absolute atomic E-state index is 6.00. The average molecular weight is 310 g/mol. The first-order valence-corrected chi connectivity index (χ1v) is 6.85. The summed E-state index contributed by atoms with van der Waals surface area (Å²) in [4.78, 5) is 4.36. The number of hydrogen-bond acceptors (Lipinski definition) is 4. The summed E-state index contributed by atoms with van der Waals surface area (Å²) in [5, 5.41) is 3.98. The molecule has 0 saturated heterocycles. The van der Waals surface area contributed by atoms with Crippen molar-refractivity contribution in [2.24, 2.45) is 5.73 Å². The molecule has 4 nitrogen and oxygen atoms in total. The van der Waals surface area contributed by atoms with Crippen molar-refractivity contribution in [3.8, 4) is 11.4 Å². The normalized spacial score (nSPS) is 12.6. The van der Waals surface area contributed by atoms with E-state index in [-0.39, 0.29) is 6.04 Å². The highest BCUT2D eigenvalue weighted by molar-refractivity contribution is 9.10. The number of halogens is 1.